The number of halogens is 1. The Morgan fingerprint density at radius 3 is 1.98 bits per heavy atom. The smallest absolute Gasteiger partial charge is 0.469 e. The molecule has 2 bridgehead atoms. The number of esters is 1. The van der Waals surface area contributed by atoms with E-state index in [0.717, 1.165) is 16.7 Å². The van der Waals surface area contributed by atoms with E-state index in [4.69, 9.17) is 47.5 Å². The van der Waals surface area contributed by atoms with Crippen LogP contribution in [0.2, 0.25) is 0 Å². The van der Waals surface area contributed by atoms with Gasteiger partial charge in [0, 0.05) is 18.4 Å². The lowest BCUT2D eigenvalue weighted by molar-refractivity contribution is -0.163. The third-order valence-corrected chi connectivity index (χ3v) is 10.3. The normalized spacial score (nSPS) is 25.3. The Morgan fingerprint density at radius 2 is 1.45 bits per heavy atom. The second-order valence-corrected chi connectivity index (χ2v) is 14.1. The van der Waals surface area contributed by atoms with Gasteiger partial charge in [0.1, 0.15) is 17.8 Å². The summed E-state index contributed by atoms with van der Waals surface area (Å²) >= 11 is 13.6. The number of carbonyl (C=O) groups excluding carboxylic acids is 2. The Labute approximate surface area is 302 Å². The molecule has 1 aliphatic heterocycles. The van der Waals surface area contributed by atoms with E-state index >= 15 is 0 Å². The van der Waals surface area contributed by atoms with Gasteiger partial charge in [0.2, 0.25) is 4.38 Å². The Kier molecular flexibility index (Phi) is 13.0. The van der Waals surface area contributed by atoms with Gasteiger partial charge in [0.15, 0.2) is 0 Å². The largest absolute Gasteiger partial charge is 0.511 e. The number of rotatable bonds is 8. The molecule has 1 saturated carbocycles. The van der Waals surface area contributed by atoms with Crippen molar-refractivity contribution < 1.29 is 33.3 Å². The van der Waals surface area contributed by atoms with Gasteiger partial charge in [-0.3, -0.25) is 4.79 Å². The number of carbonyl (C=O) groups is 2. The first-order chi connectivity index (χ1) is 23.7. The molecule has 1 fully saturated rings. The summed E-state index contributed by atoms with van der Waals surface area (Å²) in [6.07, 6.45) is 4.46. The zero-order valence-electron chi connectivity index (χ0n) is 27.8. The summed E-state index contributed by atoms with van der Waals surface area (Å²) in [5, 5.41) is 0.520. The second kappa shape index (κ2) is 17.3. The summed E-state index contributed by atoms with van der Waals surface area (Å²) in [5.74, 6) is -0.740. The van der Waals surface area contributed by atoms with Crippen LogP contribution in [-0.2, 0) is 34.1 Å². The highest BCUT2D eigenvalue weighted by Gasteiger charge is 2.43. The van der Waals surface area contributed by atoms with E-state index in [-0.39, 0.29) is 18.4 Å². The molecule has 1 unspecified atom stereocenters. The molecule has 10 heteroatoms. The average Bonchev–Trinajstić information content (AvgIpc) is 3.48. The number of hydrogen-bond donors (Lipinski definition) is 0. The number of cyclic esters (lactones) is 1. The number of ether oxygens (including phenoxy) is 5. The Hall–Kier alpha value is -3.63. The predicted molar refractivity (Wildman–Crippen MR) is 196 cm³/mol. The van der Waals surface area contributed by atoms with E-state index in [1.807, 2.05) is 66.9 Å². The minimum absolute atomic E-state index is 0.0623. The third-order valence-electron chi connectivity index (χ3n) is 8.89. The maximum Gasteiger partial charge on any atom is 0.511 e. The highest BCUT2D eigenvalue weighted by atomic mass is 35.5. The number of hydrogen-bond acceptors (Lipinski definition) is 9. The molecule has 258 valence electrons. The molecule has 5 rings (SSSR count). The molecule has 0 radical (unpaired) electrons. The zero-order chi connectivity index (χ0) is 34.8. The van der Waals surface area contributed by atoms with Crippen molar-refractivity contribution in [1.82, 2.24) is 0 Å². The summed E-state index contributed by atoms with van der Waals surface area (Å²) in [6.45, 7) is 3.23. The van der Waals surface area contributed by atoms with E-state index in [1.54, 1.807) is 13.0 Å². The maximum absolute atomic E-state index is 13.3. The van der Waals surface area contributed by atoms with Crippen LogP contribution in [0.4, 0.5) is 4.79 Å². The van der Waals surface area contributed by atoms with Crippen LogP contribution in [0.25, 0.3) is 0 Å². The molecule has 2 aliphatic rings. The van der Waals surface area contributed by atoms with E-state index in [9.17, 15) is 9.59 Å². The molecule has 7 nitrogen and oxygen atoms in total. The van der Waals surface area contributed by atoms with Crippen molar-refractivity contribution in [3.63, 3.8) is 0 Å². The first kappa shape index (κ1) is 36.6. The molecule has 0 amide bonds. The summed E-state index contributed by atoms with van der Waals surface area (Å²) in [5.41, 5.74) is 2.49. The molecule has 1 aliphatic carbocycles. The summed E-state index contributed by atoms with van der Waals surface area (Å²) in [7, 11) is 0. The standard InChI is InChI=1S/C39H41ClO7S2/c1-26-14-13-21-33(40)35(46-38(48)49-3)24-28-22-29(34(23-28)45-37(42)47-36(26)44-27(2)41)25-43-39(30-15-7-4-8-16-30,31-17-9-5-10-18-31)32-19-11-6-12-20-32/h4-12,14-21,28-29,34-36H,13,22-25H2,1-3H3/b26-14-,33-21+/t28-,29+,34+,35?,36+/m0/s1. The topological polar surface area (TPSA) is 80.3 Å². The van der Waals surface area contributed by atoms with Gasteiger partial charge in [0.05, 0.1) is 11.6 Å². The third kappa shape index (κ3) is 9.34. The summed E-state index contributed by atoms with van der Waals surface area (Å²) in [4.78, 5) is 25.2. The van der Waals surface area contributed by atoms with Crippen LogP contribution in [0.15, 0.2) is 114 Å². The Balaban J connectivity index is 1.51. The van der Waals surface area contributed by atoms with Gasteiger partial charge in [-0.1, -0.05) is 127 Å². The van der Waals surface area contributed by atoms with Crippen molar-refractivity contribution in [3.8, 4) is 0 Å². The lowest BCUT2D eigenvalue weighted by Gasteiger charge is -2.37. The molecule has 3 aromatic rings. The number of fused-ring (bicyclic) bond motifs is 2. The molecule has 49 heavy (non-hydrogen) atoms. The second-order valence-electron chi connectivity index (χ2n) is 12.2. The molecule has 0 saturated heterocycles. The fraction of sp³-hybridized carbons (Fsp3) is 0.359. The number of thioether (sulfide) groups is 1. The van der Waals surface area contributed by atoms with Crippen molar-refractivity contribution in [1.29, 1.82) is 0 Å². The van der Waals surface area contributed by atoms with E-state index in [0.29, 0.717) is 40.7 Å². The van der Waals surface area contributed by atoms with Gasteiger partial charge in [-0.05, 0) is 73.7 Å². The zero-order valence-corrected chi connectivity index (χ0v) is 30.2. The van der Waals surface area contributed by atoms with E-state index < -0.39 is 36.2 Å². The average molecular weight is 721 g/mol. The molecule has 5 atom stereocenters. The molecule has 0 aromatic heterocycles. The lowest BCUT2D eigenvalue weighted by atomic mass is 9.80. The summed E-state index contributed by atoms with van der Waals surface area (Å²) in [6, 6.07) is 30.4. The van der Waals surface area contributed by atoms with Crippen molar-refractivity contribution in [2.45, 2.75) is 63.6 Å². The van der Waals surface area contributed by atoms with Crippen LogP contribution >= 0.6 is 35.6 Å². The molecule has 0 spiro atoms. The van der Waals surface area contributed by atoms with Crippen LogP contribution in [0.3, 0.4) is 0 Å². The first-order valence-corrected chi connectivity index (χ1v) is 18.3. The minimum atomic E-state index is -1.25. The monoisotopic (exact) mass is 720 g/mol. The van der Waals surface area contributed by atoms with Crippen LogP contribution in [-0.4, -0.2) is 47.9 Å². The summed E-state index contributed by atoms with van der Waals surface area (Å²) < 4.78 is 30.7. The molecule has 1 heterocycles. The van der Waals surface area contributed by atoms with E-state index in [2.05, 4.69) is 36.4 Å². The minimum Gasteiger partial charge on any atom is -0.469 e. The number of thiocarbonyl (C=S) groups is 1. The predicted octanol–water partition coefficient (Wildman–Crippen LogP) is 9.33. The van der Waals surface area contributed by atoms with Crippen LogP contribution in [0.5, 0.6) is 0 Å². The van der Waals surface area contributed by atoms with Gasteiger partial charge < -0.3 is 23.7 Å². The highest BCUT2D eigenvalue weighted by Crippen LogP contribution is 2.44. The SMILES string of the molecule is CSC(=S)OC1C[C@H]2C[C@H](COC(c3ccccc3)(c3ccccc3)c3ccccc3)[C@@H](C2)OC(=O)O[C@@H](OC(C)=O)/C(C)=C\C/C=C\1Cl. The van der Waals surface area contributed by atoms with Gasteiger partial charge >= 0.3 is 12.1 Å². The molecular formula is C39H41ClO7S2. The fourth-order valence-corrected chi connectivity index (χ4v) is 7.13. The van der Waals surface area contributed by atoms with Gasteiger partial charge in [-0.15, -0.1) is 0 Å². The Bertz CT molecular complexity index is 1530. The first-order valence-electron chi connectivity index (χ1n) is 16.3. The van der Waals surface area contributed by atoms with Crippen LogP contribution in [0.1, 0.15) is 56.2 Å². The van der Waals surface area contributed by atoms with Gasteiger partial charge in [-0.25, -0.2) is 4.79 Å². The number of allylic oxidation sites excluding steroid dienone is 2. The van der Waals surface area contributed by atoms with Crippen molar-refractivity contribution >= 4 is 52.1 Å². The molecule has 3 aromatic carbocycles. The molecule has 0 N–H and O–H groups in total. The van der Waals surface area contributed by atoms with Crippen molar-refractivity contribution in [2.24, 2.45) is 11.8 Å². The quantitative estimate of drug-likeness (QED) is 0.0979. The lowest BCUT2D eigenvalue weighted by Crippen LogP contribution is -2.37. The fourth-order valence-electron chi connectivity index (χ4n) is 6.58. The van der Waals surface area contributed by atoms with E-state index in [1.165, 1.54) is 18.7 Å². The van der Waals surface area contributed by atoms with Crippen LogP contribution < -0.4 is 0 Å². The highest BCUT2D eigenvalue weighted by molar-refractivity contribution is 8.22. The van der Waals surface area contributed by atoms with Gasteiger partial charge in [-0.2, -0.15) is 0 Å². The van der Waals surface area contributed by atoms with Gasteiger partial charge in [0.25, 0.3) is 6.29 Å². The van der Waals surface area contributed by atoms with Crippen molar-refractivity contribution in [3.05, 3.63) is 130 Å². The Morgan fingerprint density at radius 1 is 0.878 bits per heavy atom. The van der Waals surface area contributed by atoms with Crippen LogP contribution in [0, 0.1) is 11.8 Å². The maximum atomic E-state index is 13.3. The number of benzene rings is 3. The molecular weight excluding hydrogens is 680 g/mol. The van der Waals surface area contributed by atoms with Crippen molar-refractivity contribution in [2.75, 3.05) is 12.9 Å².